The fourth-order valence-corrected chi connectivity index (χ4v) is 4.02. The third-order valence-corrected chi connectivity index (χ3v) is 5.49. The Morgan fingerprint density at radius 2 is 1.88 bits per heavy atom. The standard InChI is InChI=1S/C18H17N3O4S/c1-13-18(11-21(19-13)10-14-5-3-2-4-6-14)26(22,23)20-15-7-8-16-17(9-15)25-12-24-16/h2-9,11,20H,10,12H2,1H3. The van der Waals surface area contributed by atoms with Crippen molar-refractivity contribution in [3.05, 3.63) is 66.0 Å². The number of benzene rings is 2. The lowest BCUT2D eigenvalue weighted by Crippen LogP contribution is -2.13. The lowest BCUT2D eigenvalue weighted by atomic mass is 10.2. The highest BCUT2D eigenvalue weighted by molar-refractivity contribution is 7.92. The van der Waals surface area contributed by atoms with Crippen LogP contribution in [-0.2, 0) is 16.6 Å². The van der Waals surface area contributed by atoms with Crippen molar-refractivity contribution in [3.63, 3.8) is 0 Å². The van der Waals surface area contributed by atoms with Gasteiger partial charge in [-0.25, -0.2) is 8.42 Å². The van der Waals surface area contributed by atoms with Crippen LogP contribution in [0, 0.1) is 6.92 Å². The zero-order valence-corrected chi connectivity index (χ0v) is 14.9. The molecule has 8 heteroatoms. The number of fused-ring (bicyclic) bond motifs is 1. The molecule has 4 rings (SSSR count). The van der Waals surface area contributed by atoms with E-state index < -0.39 is 10.0 Å². The molecule has 0 fully saturated rings. The van der Waals surface area contributed by atoms with Crippen LogP contribution in [0.4, 0.5) is 5.69 Å². The zero-order chi connectivity index (χ0) is 18.1. The molecule has 0 saturated heterocycles. The molecule has 26 heavy (non-hydrogen) atoms. The molecule has 0 bridgehead atoms. The Bertz CT molecular complexity index is 1050. The van der Waals surface area contributed by atoms with Crippen molar-refractivity contribution in [1.29, 1.82) is 0 Å². The number of rotatable bonds is 5. The Morgan fingerprint density at radius 1 is 1.12 bits per heavy atom. The maximum absolute atomic E-state index is 12.8. The van der Waals surface area contributed by atoms with Crippen molar-refractivity contribution < 1.29 is 17.9 Å². The highest BCUT2D eigenvalue weighted by Gasteiger charge is 2.22. The number of nitrogens with zero attached hydrogens (tertiary/aromatic N) is 2. The summed E-state index contributed by atoms with van der Waals surface area (Å²) in [6, 6.07) is 14.6. The first-order valence-corrected chi connectivity index (χ1v) is 9.50. The van der Waals surface area contributed by atoms with E-state index in [1.54, 1.807) is 29.8 Å². The van der Waals surface area contributed by atoms with Crippen molar-refractivity contribution >= 4 is 15.7 Å². The fourth-order valence-electron chi connectivity index (χ4n) is 2.79. The molecule has 2 aromatic carbocycles. The predicted octanol–water partition coefficient (Wildman–Crippen LogP) is 2.77. The molecular weight excluding hydrogens is 354 g/mol. The normalized spacial score (nSPS) is 13.0. The molecule has 0 aliphatic carbocycles. The topological polar surface area (TPSA) is 82.5 Å². The van der Waals surface area contributed by atoms with Gasteiger partial charge >= 0.3 is 0 Å². The molecule has 2 heterocycles. The molecule has 0 atom stereocenters. The van der Waals surface area contributed by atoms with Gasteiger partial charge in [-0.15, -0.1) is 0 Å². The average molecular weight is 371 g/mol. The van der Waals surface area contributed by atoms with E-state index in [1.165, 1.54) is 6.20 Å². The molecule has 0 spiro atoms. The number of hydrogen-bond acceptors (Lipinski definition) is 5. The summed E-state index contributed by atoms with van der Waals surface area (Å²) in [6.45, 7) is 2.31. The smallest absolute Gasteiger partial charge is 0.265 e. The van der Waals surface area contributed by atoms with Crippen molar-refractivity contribution in [2.75, 3.05) is 11.5 Å². The van der Waals surface area contributed by atoms with E-state index in [0.29, 0.717) is 29.4 Å². The highest BCUT2D eigenvalue weighted by atomic mass is 32.2. The number of hydrogen-bond donors (Lipinski definition) is 1. The van der Waals surface area contributed by atoms with E-state index in [1.807, 2.05) is 30.3 Å². The summed E-state index contributed by atoms with van der Waals surface area (Å²) in [5.74, 6) is 1.11. The third-order valence-electron chi connectivity index (χ3n) is 4.00. The second-order valence-electron chi connectivity index (χ2n) is 5.94. The van der Waals surface area contributed by atoms with E-state index in [9.17, 15) is 8.42 Å². The van der Waals surface area contributed by atoms with Gasteiger partial charge in [-0.3, -0.25) is 9.40 Å². The fraction of sp³-hybridized carbons (Fsp3) is 0.167. The van der Waals surface area contributed by atoms with Crippen LogP contribution < -0.4 is 14.2 Å². The Hall–Kier alpha value is -3.00. The molecule has 1 aliphatic rings. The Labute approximate surface area is 151 Å². The molecule has 0 amide bonds. The third kappa shape index (κ3) is 3.23. The first kappa shape index (κ1) is 16.5. The number of nitrogens with one attached hydrogen (secondary N) is 1. The molecule has 0 radical (unpaired) electrons. The minimum absolute atomic E-state index is 0.136. The van der Waals surface area contributed by atoms with Crippen LogP contribution in [-0.4, -0.2) is 25.0 Å². The van der Waals surface area contributed by atoms with Crippen LogP contribution in [0.2, 0.25) is 0 Å². The molecule has 7 nitrogen and oxygen atoms in total. The van der Waals surface area contributed by atoms with Gasteiger partial charge in [0.05, 0.1) is 17.9 Å². The first-order chi connectivity index (χ1) is 12.5. The van der Waals surface area contributed by atoms with Crippen LogP contribution in [0.3, 0.4) is 0 Å². The Balaban J connectivity index is 1.58. The van der Waals surface area contributed by atoms with Crippen molar-refractivity contribution in [2.24, 2.45) is 0 Å². The molecular formula is C18H17N3O4S. The molecule has 1 aliphatic heterocycles. The van der Waals surface area contributed by atoms with Gasteiger partial charge in [0.15, 0.2) is 11.5 Å². The average Bonchev–Trinajstić information content (AvgIpc) is 3.21. The minimum Gasteiger partial charge on any atom is -0.454 e. The van der Waals surface area contributed by atoms with Gasteiger partial charge in [0.2, 0.25) is 6.79 Å². The van der Waals surface area contributed by atoms with E-state index in [4.69, 9.17) is 9.47 Å². The zero-order valence-electron chi connectivity index (χ0n) is 14.0. The van der Waals surface area contributed by atoms with Gasteiger partial charge < -0.3 is 9.47 Å². The van der Waals surface area contributed by atoms with E-state index >= 15 is 0 Å². The van der Waals surface area contributed by atoms with Gasteiger partial charge in [0.1, 0.15) is 4.90 Å². The lowest BCUT2D eigenvalue weighted by molar-refractivity contribution is 0.174. The van der Waals surface area contributed by atoms with Gasteiger partial charge in [0.25, 0.3) is 10.0 Å². The van der Waals surface area contributed by atoms with Crippen molar-refractivity contribution in [3.8, 4) is 11.5 Å². The summed E-state index contributed by atoms with van der Waals surface area (Å²) in [7, 11) is -3.76. The van der Waals surface area contributed by atoms with E-state index in [2.05, 4.69) is 9.82 Å². The summed E-state index contributed by atoms with van der Waals surface area (Å²) in [5, 5.41) is 4.32. The minimum atomic E-state index is -3.76. The molecule has 0 unspecified atom stereocenters. The summed E-state index contributed by atoms with van der Waals surface area (Å²) in [4.78, 5) is 0.145. The van der Waals surface area contributed by atoms with Gasteiger partial charge in [-0.1, -0.05) is 30.3 Å². The van der Waals surface area contributed by atoms with Gasteiger partial charge in [-0.2, -0.15) is 5.10 Å². The number of sulfonamides is 1. The van der Waals surface area contributed by atoms with E-state index in [0.717, 1.165) is 5.56 Å². The summed E-state index contributed by atoms with van der Waals surface area (Å²) in [6.07, 6.45) is 1.54. The summed E-state index contributed by atoms with van der Waals surface area (Å²) >= 11 is 0. The van der Waals surface area contributed by atoms with E-state index in [-0.39, 0.29) is 11.7 Å². The monoisotopic (exact) mass is 371 g/mol. The molecule has 1 N–H and O–H groups in total. The van der Waals surface area contributed by atoms with Gasteiger partial charge in [-0.05, 0) is 24.6 Å². The Kier molecular flexibility index (Phi) is 4.04. The molecule has 134 valence electrons. The maximum atomic E-state index is 12.8. The quantitative estimate of drug-likeness (QED) is 0.746. The number of aromatic nitrogens is 2. The first-order valence-electron chi connectivity index (χ1n) is 8.02. The SMILES string of the molecule is Cc1nn(Cc2ccccc2)cc1S(=O)(=O)Nc1ccc2c(c1)OCO2. The van der Waals surface area contributed by atoms with Crippen LogP contribution in [0.5, 0.6) is 11.5 Å². The number of anilines is 1. The maximum Gasteiger partial charge on any atom is 0.265 e. The van der Waals surface area contributed by atoms with Crippen LogP contribution in [0.15, 0.2) is 59.6 Å². The summed E-state index contributed by atoms with van der Waals surface area (Å²) < 4.78 is 40.2. The second-order valence-corrected chi connectivity index (χ2v) is 7.59. The Morgan fingerprint density at radius 3 is 2.69 bits per heavy atom. The lowest BCUT2D eigenvalue weighted by Gasteiger charge is -2.07. The van der Waals surface area contributed by atoms with Crippen molar-refractivity contribution in [1.82, 2.24) is 9.78 Å². The second kappa shape index (κ2) is 6.38. The number of aryl methyl sites for hydroxylation is 1. The van der Waals surface area contributed by atoms with Crippen LogP contribution in [0.1, 0.15) is 11.3 Å². The summed E-state index contributed by atoms with van der Waals surface area (Å²) in [5.41, 5.74) is 1.89. The number of ether oxygens (including phenoxy) is 2. The molecule has 1 aromatic heterocycles. The van der Waals surface area contributed by atoms with Crippen LogP contribution in [0.25, 0.3) is 0 Å². The molecule has 0 saturated carbocycles. The van der Waals surface area contributed by atoms with Crippen LogP contribution >= 0.6 is 0 Å². The van der Waals surface area contributed by atoms with Gasteiger partial charge in [0, 0.05) is 12.3 Å². The largest absolute Gasteiger partial charge is 0.454 e. The molecule has 3 aromatic rings. The predicted molar refractivity (Wildman–Crippen MR) is 95.9 cm³/mol. The van der Waals surface area contributed by atoms with Crippen molar-refractivity contribution in [2.45, 2.75) is 18.4 Å². The highest BCUT2D eigenvalue weighted by Crippen LogP contribution is 2.34.